The number of ether oxygens (including phenoxy) is 4. The number of pyridine rings is 1. The van der Waals surface area contributed by atoms with E-state index in [1.165, 1.54) is 0 Å². The van der Waals surface area contributed by atoms with E-state index in [4.69, 9.17) is 18.9 Å². The fourth-order valence-corrected chi connectivity index (χ4v) is 2.03. The van der Waals surface area contributed by atoms with E-state index in [2.05, 4.69) is 20.9 Å². The predicted octanol–water partition coefficient (Wildman–Crippen LogP) is 2.39. The summed E-state index contributed by atoms with van der Waals surface area (Å²) in [6.07, 6.45) is 3.57. The molecule has 0 aromatic carbocycles. The maximum atomic E-state index is 5.72. The summed E-state index contributed by atoms with van der Waals surface area (Å²) in [7, 11) is 3.20. The Kier molecular flexibility index (Phi) is 5.57. The van der Waals surface area contributed by atoms with Gasteiger partial charge in [-0.15, -0.1) is 0 Å². The maximum absolute atomic E-state index is 5.72. The molecule has 1 heterocycles. The monoisotopic (exact) mass is 331 g/mol. The van der Waals surface area contributed by atoms with Gasteiger partial charge in [-0.2, -0.15) is 0 Å². The van der Waals surface area contributed by atoms with E-state index < -0.39 is 0 Å². The van der Waals surface area contributed by atoms with Gasteiger partial charge in [0.1, 0.15) is 6.10 Å². The molecule has 6 heteroatoms. The predicted molar refractivity (Wildman–Crippen MR) is 73.1 cm³/mol. The molecule has 1 saturated carbocycles. The van der Waals surface area contributed by atoms with Crippen LogP contribution in [-0.2, 0) is 14.2 Å². The van der Waals surface area contributed by atoms with Crippen LogP contribution in [0.3, 0.4) is 0 Å². The summed E-state index contributed by atoms with van der Waals surface area (Å²) < 4.78 is 22.4. The molecule has 2 rings (SSSR count). The van der Waals surface area contributed by atoms with Crippen molar-refractivity contribution in [2.45, 2.75) is 31.3 Å². The first-order valence-corrected chi connectivity index (χ1v) is 6.96. The fraction of sp³-hybridized carbons (Fsp3) is 0.615. The van der Waals surface area contributed by atoms with E-state index in [9.17, 15) is 0 Å². The molecule has 1 fully saturated rings. The van der Waals surface area contributed by atoms with Gasteiger partial charge in [-0.3, -0.25) is 0 Å². The molecule has 19 heavy (non-hydrogen) atoms. The molecule has 0 atom stereocenters. The smallest absolute Gasteiger partial charge is 0.213 e. The van der Waals surface area contributed by atoms with Crippen LogP contribution in [0.2, 0.25) is 0 Å². The Hall–Kier alpha value is -0.690. The van der Waals surface area contributed by atoms with Crippen LogP contribution in [0.15, 0.2) is 22.8 Å². The van der Waals surface area contributed by atoms with E-state index in [0.29, 0.717) is 12.5 Å². The van der Waals surface area contributed by atoms with E-state index in [-0.39, 0.29) is 18.5 Å². The zero-order chi connectivity index (χ0) is 13.7. The number of hydrogen-bond acceptors (Lipinski definition) is 5. The molecule has 0 bridgehead atoms. The van der Waals surface area contributed by atoms with Crippen LogP contribution < -0.4 is 4.74 Å². The van der Waals surface area contributed by atoms with Gasteiger partial charge in [-0.1, -0.05) is 0 Å². The summed E-state index contributed by atoms with van der Waals surface area (Å²) in [5.41, 5.74) is 0. The lowest BCUT2D eigenvalue weighted by Crippen LogP contribution is -2.41. The molecule has 0 spiro atoms. The molecule has 0 saturated heterocycles. The third kappa shape index (κ3) is 4.42. The topological polar surface area (TPSA) is 49.8 Å². The van der Waals surface area contributed by atoms with Gasteiger partial charge in [0.15, 0.2) is 6.29 Å². The van der Waals surface area contributed by atoms with Crippen molar-refractivity contribution in [3.63, 3.8) is 0 Å². The third-order valence-corrected chi connectivity index (χ3v) is 3.50. The van der Waals surface area contributed by atoms with Gasteiger partial charge in [0, 0.05) is 43.8 Å². The first-order chi connectivity index (χ1) is 9.21. The molecule has 106 valence electrons. The highest BCUT2D eigenvalue weighted by Crippen LogP contribution is 2.28. The molecule has 0 N–H and O–H groups in total. The minimum atomic E-state index is -0.298. The quantitative estimate of drug-likeness (QED) is 0.718. The van der Waals surface area contributed by atoms with Crippen molar-refractivity contribution in [1.29, 1.82) is 0 Å². The Bertz CT molecular complexity index is 377. The Morgan fingerprint density at radius 3 is 2.58 bits per heavy atom. The van der Waals surface area contributed by atoms with Gasteiger partial charge in [0.2, 0.25) is 5.88 Å². The number of nitrogens with zero attached hydrogens (tertiary/aromatic N) is 1. The molecular weight excluding hydrogens is 314 g/mol. The first-order valence-electron chi connectivity index (χ1n) is 6.16. The average molecular weight is 332 g/mol. The standard InChI is InChI=1S/C13H18BrNO4/c1-16-13(17-2)8-18-10-5-11(6-10)19-12-4-3-9(14)7-15-12/h3-4,7,10-11,13H,5-6,8H2,1-2H3/t10-,11-. The molecular formula is C13H18BrNO4. The molecule has 0 radical (unpaired) electrons. The highest BCUT2D eigenvalue weighted by molar-refractivity contribution is 9.10. The highest BCUT2D eigenvalue weighted by Gasteiger charge is 2.32. The van der Waals surface area contributed by atoms with Crippen molar-refractivity contribution in [1.82, 2.24) is 4.98 Å². The summed E-state index contributed by atoms with van der Waals surface area (Å²) in [6.45, 7) is 0.445. The third-order valence-electron chi connectivity index (χ3n) is 3.03. The van der Waals surface area contributed by atoms with Gasteiger partial charge < -0.3 is 18.9 Å². The van der Waals surface area contributed by atoms with E-state index in [0.717, 1.165) is 17.3 Å². The normalized spacial score (nSPS) is 22.3. The van der Waals surface area contributed by atoms with Crippen molar-refractivity contribution in [3.05, 3.63) is 22.8 Å². The first kappa shape index (κ1) is 14.7. The second-order valence-corrected chi connectivity index (χ2v) is 5.30. The van der Waals surface area contributed by atoms with Crippen LogP contribution in [0, 0.1) is 0 Å². The van der Waals surface area contributed by atoms with E-state index in [1.54, 1.807) is 20.4 Å². The largest absolute Gasteiger partial charge is 0.474 e. The molecule has 5 nitrogen and oxygen atoms in total. The second kappa shape index (κ2) is 7.19. The van der Waals surface area contributed by atoms with Gasteiger partial charge in [0.25, 0.3) is 0 Å². The average Bonchev–Trinajstić information content (AvgIpc) is 2.38. The number of aromatic nitrogens is 1. The summed E-state index contributed by atoms with van der Waals surface area (Å²) in [6, 6.07) is 3.76. The number of hydrogen-bond donors (Lipinski definition) is 0. The minimum absolute atomic E-state index is 0.183. The lowest BCUT2D eigenvalue weighted by molar-refractivity contribution is -0.168. The van der Waals surface area contributed by atoms with Gasteiger partial charge in [-0.25, -0.2) is 4.98 Å². The van der Waals surface area contributed by atoms with Crippen molar-refractivity contribution in [2.75, 3.05) is 20.8 Å². The molecule has 1 aromatic heterocycles. The lowest BCUT2D eigenvalue weighted by Gasteiger charge is -2.35. The lowest BCUT2D eigenvalue weighted by atomic mass is 9.92. The van der Waals surface area contributed by atoms with Gasteiger partial charge >= 0.3 is 0 Å². The van der Waals surface area contributed by atoms with Crippen LogP contribution in [0.25, 0.3) is 0 Å². The fourth-order valence-electron chi connectivity index (χ4n) is 1.80. The van der Waals surface area contributed by atoms with Gasteiger partial charge in [-0.05, 0) is 22.0 Å². The van der Waals surface area contributed by atoms with Gasteiger partial charge in [0.05, 0.1) is 12.7 Å². The van der Waals surface area contributed by atoms with Crippen LogP contribution in [0.1, 0.15) is 12.8 Å². The van der Waals surface area contributed by atoms with Crippen molar-refractivity contribution in [3.8, 4) is 5.88 Å². The Morgan fingerprint density at radius 1 is 1.26 bits per heavy atom. The summed E-state index contributed by atoms with van der Waals surface area (Å²) in [5, 5.41) is 0. The van der Waals surface area contributed by atoms with Crippen LogP contribution >= 0.6 is 15.9 Å². The molecule has 0 aliphatic heterocycles. The van der Waals surface area contributed by atoms with Crippen molar-refractivity contribution >= 4 is 15.9 Å². The Morgan fingerprint density at radius 2 is 2.00 bits per heavy atom. The summed E-state index contributed by atoms with van der Waals surface area (Å²) >= 11 is 3.34. The van der Waals surface area contributed by atoms with Crippen LogP contribution in [-0.4, -0.2) is 44.3 Å². The molecule has 0 amide bonds. The minimum Gasteiger partial charge on any atom is -0.474 e. The van der Waals surface area contributed by atoms with Crippen LogP contribution in [0.5, 0.6) is 5.88 Å². The maximum Gasteiger partial charge on any atom is 0.213 e. The van der Waals surface area contributed by atoms with E-state index in [1.807, 2.05) is 12.1 Å². The molecule has 1 aromatic rings. The summed E-state index contributed by atoms with van der Waals surface area (Å²) in [4.78, 5) is 4.18. The van der Waals surface area contributed by atoms with Crippen molar-refractivity contribution < 1.29 is 18.9 Å². The van der Waals surface area contributed by atoms with E-state index >= 15 is 0 Å². The zero-order valence-electron chi connectivity index (χ0n) is 11.0. The SMILES string of the molecule is COC(CO[C@H]1C[C@H](Oc2ccc(Br)cn2)C1)OC. The van der Waals surface area contributed by atoms with Crippen molar-refractivity contribution in [2.24, 2.45) is 0 Å². The van der Waals surface area contributed by atoms with Crippen LogP contribution in [0.4, 0.5) is 0 Å². The zero-order valence-corrected chi connectivity index (χ0v) is 12.6. The molecule has 1 aliphatic rings. The summed E-state index contributed by atoms with van der Waals surface area (Å²) in [5.74, 6) is 0.651. The number of methoxy groups -OCH3 is 2. The number of rotatable bonds is 7. The molecule has 1 aliphatic carbocycles. The second-order valence-electron chi connectivity index (χ2n) is 4.38. The Balaban J connectivity index is 1.65. The Labute approximate surface area is 121 Å². The molecule has 0 unspecified atom stereocenters. The highest BCUT2D eigenvalue weighted by atomic mass is 79.9. The number of halogens is 1.